The lowest BCUT2D eigenvalue weighted by Crippen LogP contribution is -2.31. The maximum absolute atomic E-state index is 13.5. The van der Waals surface area contributed by atoms with Gasteiger partial charge in [-0.1, -0.05) is 11.8 Å². The number of Topliss-reactive ketones (excluding diaryl/α,β-unsaturated/α-hetero) is 1. The molecule has 2 aromatic rings. The average molecular weight is 404 g/mol. The number of halogens is 1. The third kappa shape index (κ3) is 4.22. The van der Waals surface area contributed by atoms with E-state index in [-0.39, 0.29) is 41.2 Å². The highest BCUT2D eigenvalue weighted by Gasteiger charge is 2.29. The number of nitrogens with zero attached hydrogens (tertiary/aromatic N) is 2. The summed E-state index contributed by atoms with van der Waals surface area (Å²) in [6.07, 6.45) is 10.5. The van der Waals surface area contributed by atoms with E-state index in [1.807, 2.05) is 0 Å². The Labute approximate surface area is 172 Å². The van der Waals surface area contributed by atoms with Crippen molar-refractivity contribution in [1.82, 2.24) is 9.88 Å². The second kappa shape index (κ2) is 9.23. The number of benzene rings is 1. The zero-order valence-electron chi connectivity index (χ0n) is 16.3. The van der Waals surface area contributed by atoms with E-state index < -0.39 is 23.4 Å². The third-order valence-electron chi connectivity index (χ3n) is 4.36. The van der Waals surface area contributed by atoms with Crippen LogP contribution in [0, 0.1) is 55.7 Å². The van der Waals surface area contributed by atoms with Crippen LogP contribution in [-0.4, -0.2) is 28.7 Å². The second-order valence-electron chi connectivity index (χ2n) is 6.20. The van der Waals surface area contributed by atoms with E-state index in [0.717, 1.165) is 6.07 Å². The molecule has 2 amide bonds. The van der Waals surface area contributed by atoms with E-state index >= 15 is 0 Å². The molecule has 1 heterocycles. The van der Waals surface area contributed by atoms with Gasteiger partial charge in [0.05, 0.1) is 24.2 Å². The van der Waals surface area contributed by atoms with Crippen LogP contribution >= 0.6 is 0 Å². The molecule has 0 saturated carbocycles. The van der Waals surface area contributed by atoms with E-state index in [1.165, 1.54) is 23.6 Å². The standard InChI is InChI=1S/C22H17FN4O3/c1-5-9-25-22(30)20(28)18-13(3)19(27(10-6-2)14(18)4)21(29)26-16-7-8-17(23)15(11-16)12-24/h1-2,7-8,11H,9-10H2,3-4H3,(H,25,30)(H,26,29). The Morgan fingerprint density at radius 2 is 1.90 bits per heavy atom. The van der Waals surface area contributed by atoms with Crippen LogP contribution in [0.3, 0.4) is 0 Å². The maximum Gasteiger partial charge on any atom is 0.293 e. The number of hydrogen-bond acceptors (Lipinski definition) is 4. The van der Waals surface area contributed by atoms with Crippen molar-refractivity contribution in [3.05, 3.63) is 52.1 Å². The lowest BCUT2D eigenvalue weighted by molar-refractivity contribution is -0.116. The number of aromatic nitrogens is 1. The topological polar surface area (TPSA) is 104 Å². The zero-order valence-corrected chi connectivity index (χ0v) is 16.3. The lowest BCUT2D eigenvalue weighted by atomic mass is 10.0. The fourth-order valence-corrected chi connectivity index (χ4v) is 3.02. The van der Waals surface area contributed by atoms with Crippen LogP contribution in [0.15, 0.2) is 18.2 Å². The SMILES string of the molecule is C#CCNC(=O)C(=O)c1c(C)c(C(=O)Nc2ccc(F)c(C#N)c2)n(CC#C)c1C. The summed E-state index contributed by atoms with van der Waals surface area (Å²) in [7, 11) is 0. The molecule has 0 aliphatic carbocycles. The van der Waals surface area contributed by atoms with Crippen molar-refractivity contribution in [2.45, 2.75) is 20.4 Å². The number of nitriles is 1. The first-order valence-corrected chi connectivity index (χ1v) is 8.66. The molecule has 8 heteroatoms. The predicted octanol–water partition coefficient (Wildman–Crippen LogP) is 1.93. The molecule has 0 aliphatic heterocycles. The highest BCUT2D eigenvalue weighted by molar-refractivity contribution is 6.43. The smallest absolute Gasteiger partial charge is 0.293 e. The Bertz CT molecular complexity index is 1170. The molecule has 2 N–H and O–H groups in total. The number of terminal acetylenes is 2. The van der Waals surface area contributed by atoms with Gasteiger partial charge in [-0.2, -0.15) is 5.26 Å². The molecule has 0 saturated heterocycles. The minimum atomic E-state index is -0.902. The summed E-state index contributed by atoms with van der Waals surface area (Å²) in [6, 6.07) is 5.22. The van der Waals surface area contributed by atoms with Gasteiger partial charge in [0.25, 0.3) is 17.6 Å². The van der Waals surface area contributed by atoms with Crippen LogP contribution in [0.2, 0.25) is 0 Å². The number of carbonyl (C=O) groups is 3. The minimum Gasteiger partial charge on any atom is -0.338 e. The fraction of sp³-hybridized carbons (Fsp3) is 0.182. The summed E-state index contributed by atoms with van der Waals surface area (Å²) in [5, 5.41) is 13.8. The summed E-state index contributed by atoms with van der Waals surface area (Å²) >= 11 is 0. The van der Waals surface area contributed by atoms with Gasteiger partial charge in [0, 0.05) is 11.4 Å². The van der Waals surface area contributed by atoms with Crippen molar-refractivity contribution in [2.75, 3.05) is 11.9 Å². The maximum atomic E-state index is 13.5. The molecule has 0 radical (unpaired) electrons. The van der Waals surface area contributed by atoms with Crippen molar-refractivity contribution in [3.63, 3.8) is 0 Å². The number of rotatable bonds is 6. The third-order valence-corrected chi connectivity index (χ3v) is 4.36. The molecule has 7 nitrogen and oxygen atoms in total. The van der Waals surface area contributed by atoms with E-state index in [4.69, 9.17) is 18.1 Å². The summed E-state index contributed by atoms with van der Waals surface area (Å²) in [4.78, 5) is 37.6. The van der Waals surface area contributed by atoms with Crippen LogP contribution in [0.5, 0.6) is 0 Å². The zero-order chi connectivity index (χ0) is 22.4. The van der Waals surface area contributed by atoms with E-state index in [9.17, 15) is 18.8 Å². The van der Waals surface area contributed by atoms with Gasteiger partial charge >= 0.3 is 0 Å². The predicted molar refractivity (Wildman–Crippen MR) is 108 cm³/mol. The summed E-state index contributed by atoms with van der Waals surface area (Å²) < 4.78 is 15.0. The van der Waals surface area contributed by atoms with Crippen LogP contribution in [0.25, 0.3) is 0 Å². The molecule has 150 valence electrons. The first-order chi connectivity index (χ1) is 14.3. The Morgan fingerprint density at radius 3 is 2.50 bits per heavy atom. The molecule has 0 bridgehead atoms. The van der Waals surface area contributed by atoms with Crippen LogP contribution in [-0.2, 0) is 11.3 Å². The Balaban J connectivity index is 2.49. The van der Waals surface area contributed by atoms with Gasteiger partial charge < -0.3 is 15.2 Å². The minimum absolute atomic E-state index is 0.0262. The monoisotopic (exact) mass is 404 g/mol. The number of nitrogens with one attached hydrogen (secondary N) is 2. The van der Waals surface area contributed by atoms with Crippen LogP contribution in [0.4, 0.5) is 10.1 Å². The Kier molecular flexibility index (Phi) is 6.75. The molecule has 0 atom stereocenters. The van der Waals surface area contributed by atoms with Gasteiger partial charge in [0.1, 0.15) is 17.6 Å². The van der Waals surface area contributed by atoms with Crippen molar-refractivity contribution >= 4 is 23.3 Å². The molecule has 2 rings (SSSR count). The largest absolute Gasteiger partial charge is 0.338 e. The fourth-order valence-electron chi connectivity index (χ4n) is 3.02. The quantitative estimate of drug-likeness (QED) is 0.436. The van der Waals surface area contributed by atoms with Crippen LogP contribution in [0.1, 0.15) is 37.7 Å². The second-order valence-corrected chi connectivity index (χ2v) is 6.20. The van der Waals surface area contributed by atoms with Crippen molar-refractivity contribution in [2.24, 2.45) is 0 Å². The number of carbonyl (C=O) groups excluding carboxylic acids is 3. The van der Waals surface area contributed by atoms with Crippen molar-refractivity contribution in [3.8, 4) is 30.8 Å². The summed E-state index contributed by atoms with van der Waals surface area (Å²) in [5.41, 5.74) is 0.656. The van der Waals surface area contributed by atoms with Crippen molar-refractivity contribution in [1.29, 1.82) is 5.26 Å². The Hall–Kier alpha value is -4.35. The number of amides is 2. The van der Waals surface area contributed by atoms with Crippen molar-refractivity contribution < 1.29 is 18.8 Å². The lowest BCUT2D eigenvalue weighted by Gasteiger charge is -2.10. The molecule has 0 unspecified atom stereocenters. The Morgan fingerprint density at radius 1 is 1.20 bits per heavy atom. The molecule has 0 fully saturated rings. The first-order valence-electron chi connectivity index (χ1n) is 8.66. The van der Waals surface area contributed by atoms with Crippen LogP contribution < -0.4 is 10.6 Å². The van der Waals surface area contributed by atoms with E-state index in [2.05, 4.69) is 22.5 Å². The van der Waals surface area contributed by atoms with Gasteiger partial charge in [-0.25, -0.2) is 4.39 Å². The van der Waals surface area contributed by atoms with E-state index in [1.54, 1.807) is 13.0 Å². The molecule has 0 spiro atoms. The molecule has 1 aromatic heterocycles. The average Bonchev–Trinajstić information content (AvgIpc) is 2.96. The first kappa shape index (κ1) is 21.9. The van der Waals surface area contributed by atoms with Gasteiger partial charge in [-0.3, -0.25) is 14.4 Å². The molecule has 1 aromatic carbocycles. The molecular weight excluding hydrogens is 387 g/mol. The summed E-state index contributed by atoms with van der Waals surface area (Å²) in [6.45, 7) is 2.94. The summed E-state index contributed by atoms with van der Waals surface area (Å²) in [5.74, 6) is 1.50. The normalized spacial score (nSPS) is 9.73. The van der Waals surface area contributed by atoms with Gasteiger partial charge in [-0.15, -0.1) is 12.8 Å². The molecule has 30 heavy (non-hydrogen) atoms. The van der Waals surface area contributed by atoms with E-state index in [0.29, 0.717) is 5.69 Å². The molecular formula is C22H17FN4O3. The number of ketones is 1. The number of hydrogen-bond donors (Lipinski definition) is 2. The highest BCUT2D eigenvalue weighted by atomic mass is 19.1. The number of anilines is 1. The highest BCUT2D eigenvalue weighted by Crippen LogP contribution is 2.24. The van der Waals surface area contributed by atoms with Gasteiger partial charge in [0.15, 0.2) is 0 Å². The molecule has 0 aliphatic rings. The van der Waals surface area contributed by atoms with Gasteiger partial charge in [-0.05, 0) is 37.6 Å². The van der Waals surface area contributed by atoms with Gasteiger partial charge in [0.2, 0.25) is 0 Å².